The maximum atomic E-state index is 11.9. The van der Waals surface area contributed by atoms with E-state index in [2.05, 4.69) is 5.32 Å². The second-order valence-corrected chi connectivity index (χ2v) is 4.62. The van der Waals surface area contributed by atoms with Crippen LogP contribution in [0.5, 0.6) is 11.5 Å². The third kappa shape index (κ3) is 2.86. The summed E-state index contributed by atoms with van der Waals surface area (Å²) in [6.07, 6.45) is 0.726. The predicted octanol–water partition coefficient (Wildman–Crippen LogP) is 1.54. The molecular weight excluding hydrogens is 256 g/mol. The predicted molar refractivity (Wildman–Crippen MR) is 68.2 cm³/mol. The van der Waals surface area contributed by atoms with Crippen LogP contribution in [-0.4, -0.2) is 25.3 Å². The first-order valence-corrected chi connectivity index (χ1v) is 6.08. The van der Waals surface area contributed by atoms with E-state index >= 15 is 0 Å². The number of hydrogen-bond acceptors (Lipinski definition) is 4. The molecule has 1 unspecified atom stereocenters. The Balaban J connectivity index is 2.05. The molecule has 0 saturated heterocycles. The number of hydrogen-bond donors (Lipinski definition) is 2. The van der Waals surface area contributed by atoms with Gasteiger partial charge in [0.1, 0.15) is 0 Å². The summed E-state index contributed by atoms with van der Waals surface area (Å²) < 4.78 is 10.4. The first kappa shape index (κ1) is 13.0. The van der Waals surface area contributed by atoms with Crippen LogP contribution in [-0.2, 0) is 0 Å². The first-order valence-electron chi connectivity index (χ1n) is 5.71. The van der Waals surface area contributed by atoms with Crippen LogP contribution in [0.2, 0.25) is 5.02 Å². The van der Waals surface area contributed by atoms with E-state index in [-0.39, 0.29) is 18.7 Å². The van der Waals surface area contributed by atoms with Gasteiger partial charge in [0.25, 0.3) is 5.91 Å². The fourth-order valence-electron chi connectivity index (χ4n) is 1.61. The number of benzene rings is 1. The molecule has 98 valence electrons. The number of rotatable bonds is 4. The van der Waals surface area contributed by atoms with Crippen LogP contribution in [0.15, 0.2) is 12.1 Å². The van der Waals surface area contributed by atoms with Gasteiger partial charge in [0.2, 0.25) is 6.79 Å². The summed E-state index contributed by atoms with van der Waals surface area (Å²) in [6, 6.07) is 3.25. The van der Waals surface area contributed by atoms with Gasteiger partial charge in [0.05, 0.1) is 5.02 Å². The molecular formula is C12H15ClN2O3. The number of fused-ring (bicyclic) bond motifs is 1. The highest BCUT2D eigenvalue weighted by molar-refractivity contribution is 6.32. The van der Waals surface area contributed by atoms with Gasteiger partial charge in [-0.2, -0.15) is 0 Å². The number of carbonyl (C=O) groups is 1. The van der Waals surface area contributed by atoms with E-state index in [0.29, 0.717) is 28.6 Å². The summed E-state index contributed by atoms with van der Waals surface area (Å²) in [4.78, 5) is 11.9. The lowest BCUT2D eigenvalue weighted by atomic mass is 10.2. The van der Waals surface area contributed by atoms with Crippen molar-refractivity contribution in [2.24, 2.45) is 5.73 Å². The molecule has 3 N–H and O–H groups in total. The highest BCUT2D eigenvalue weighted by Gasteiger charge is 2.20. The normalized spacial score (nSPS) is 14.4. The third-order valence-electron chi connectivity index (χ3n) is 2.57. The van der Waals surface area contributed by atoms with Crippen molar-refractivity contribution in [1.82, 2.24) is 5.32 Å². The summed E-state index contributed by atoms with van der Waals surface area (Å²) in [7, 11) is 0. The zero-order valence-corrected chi connectivity index (χ0v) is 10.8. The largest absolute Gasteiger partial charge is 0.454 e. The summed E-state index contributed by atoms with van der Waals surface area (Å²) in [5, 5.41) is 3.15. The van der Waals surface area contributed by atoms with Crippen LogP contribution >= 0.6 is 11.6 Å². The second-order valence-electron chi connectivity index (χ2n) is 4.21. The van der Waals surface area contributed by atoms with Gasteiger partial charge in [-0.1, -0.05) is 11.6 Å². The van der Waals surface area contributed by atoms with Crippen molar-refractivity contribution in [1.29, 1.82) is 0 Å². The van der Waals surface area contributed by atoms with Gasteiger partial charge in [-0.15, -0.1) is 0 Å². The summed E-state index contributed by atoms with van der Waals surface area (Å²) in [5.74, 6) is 0.791. The maximum absolute atomic E-state index is 11.9. The van der Waals surface area contributed by atoms with Crippen molar-refractivity contribution in [3.05, 3.63) is 22.7 Å². The van der Waals surface area contributed by atoms with Gasteiger partial charge in [-0.3, -0.25) is 4.79 Å². The Kier molecular flexibility index (Phi) is 3.93. The molecule has 1 aliphatic rings. The number of ether oxygens (including phenoxy) is 2. The monoisotopic (exact) mass is 270 g/mol. The molecule has 1 aliphatic heterocycles. The van der Waals surface area contributed by atoms with Crippen LogP contribution in [0.3, 0.4) is 0 Å². The Hall–Kier alpha value is -1.46. The van der Waals surface area contributed by atoms with Gasteiger partial charge >= 0.3 is 0 Å². The van der Waals surface area contributed by atoms with Crippen LogP contribution in [0, 0.1) is 0 Å². The SMILES string of the molecule is CC(N)CCNC(=O)c1cc(Cl)c2c(c1)OCO2. The zero-order valence-electron chi connectivity index (χ0n) is 10.0. The molecule has 0 radical (unpaired) electrons. The third-order valence-corrected chi connectivity index (χ3v) is 2.86. The lowest BCUT2D eigenvalue weighted by Gasteiger charge is -2.08. The average molecular weight is 271 g/mol. The van der Waals surface area contributed by atoms with Crippen molar-refractivity contribution in [2.45, 2.75) is 19.4 Å². The van der Waals surface area contributed by atoms with Crippen molar-refractivity contribution in [2.75, 3.05) is 13.3 Å². The van der Waals surface area contributed by atoms with Gasteiger partial charge < -0.3 is 20.5 Å². The molecule has 1 amide bonds. The smallest absolute Gasteiger partial charge is 0.251 e. The first-order chi connectivity index (χ1) is 8.58. The minimum Gasteiger partial charge on any atom is -0.454 e. The minimum absolute atomic E-state index is 0.0608. The number of nitrogens with one attached hydrogen (secondary N) is 1. The zero-order chi connectivity index (χ0) is 13.1. The van der Waals surface area contributed by atoms with Crippen molar-refractivity contribution >= 4 is 17.5 Å². The Bertz CT molecular complexity index is 463. The molecule has 6 heteroatoms. The standard InChI is InChI=1S/C12H15ClN2O3/c1-7(14)2-3-15-12(16)8-4-9(13)11-10(5-8)17-6-18-11/h4-5,7H,2-3,6,14H2,1H3,(H,15,16). The molecule has 1 atom stereocenters. The quantitative estimate of drug-likeness (QED) is 0.870. The molecule has 0 saturated carbocycles. The van der Waals surface area contributed by atoms with E-state index < -0.39 is 0 Å². The topological polar surface area (TPSA) is 73.6 Å². The fraction of sp³-hybridized carbons (Fsp3) is 0.417. The van der Waals surface area contributed by atoms with Crippen LogP contribution in [0.4, 0.5) is 0 Å². The summed E-state index contributed by atoms with van der Waals surface area (Å²) in [5.41, 5.74) is 6.06. The van der Waals surface area contributed by atoms with E-state index in [4.69, 9.17) is 26.8 Å². The maximum Gasteiger partial charge on any atom is 0.251 e. The lowest BCUT2D eigenvalue weighted by molar-refractivity contribution is 0.0952. The second kappa shape index (κ2) is 5.46. The van der Waals surface area contributed by atoms with E-state index in [1.807, 2.05) is 6.92 Å². The molecule has 0 spiro atoms. The molecule has 5 nitrogen and oxygen atoms in total. The molecule has 2 rings (SSSR count). The fourth-order valence-corrected chi connectivity index (χ4v) is 1.88. The van der Waals surface area contributed by atoms with Crippen molar-refractivity contribution in [3.63, 3.8) is 0 Å². The van der Waals surface area contributed by atoms with Crippen LogP contribution in [0.1, 0.15) is 23.7 Å². The number of carbonyl (C=O) groups excluding carboxylic acids is 1. The Labute approximate surface area is 110 Å². The molecule has 1 aromatic carbocycles. The molecule has 1 heterocycles. The van der Waals surface area contributed by atoms with Gasteiger partial charge in [0.15, 0.2) is 11.5 Å². The Morgan fingerprint density at radius 3 is 3.06 bits per heavy atom. The average Bonchev–Trinajstić information content (AvgIpc) is 2.76. The van der Waals surface area contributed by atoms with Crippen molar-refractivity contribution in [3.8, 4) is 11.5 Å². The van der Waals surface area contributed by atoms with Gasteiger partial charge in [0, 0.05) is 18.2 Å². The van der Waals surface area contributed by atoms with Crippen molar-refractivity contribution < 1.29 is 14.3 Å². The molecule has 0 bridgehead atoms. The van der Waals surface area contributed by atoms with E-state index in [9.17, 15) is 4.79 Å². The van der Waals surface area contributed by atoms with Crippen LogP contribution < -0.4 is 20.5 Å². The van der Waals surface area contributed by atoms with Crippen LogP contribution in [0.25, 0.3) is 0 Å². The Morgan fingerprint density at radius 2 is 2.33 bits per heavy atom. The number of nitrogens with two attached hydrogens (primary N) is 1. The number of halogens is 1. The highest BCUT2D eigenvalue weighted by atomic mass is 35.5. The molecule has 18 heavy (non-hydrogen) atoms. The van der Waals surface area contributed by atoms with E-state index in [1.165, 1.54) is 0 Å². The highest BCUT2D eigenvalue weighted by Crippen LogP contribution is 2.39. The summed E-state index contributed by atoms with van der Waals surface area (Å²) >= 11 is 6.00. The molecule has 1 aromatic rings. The number of amides is 1. The van der Waals surface area contributed by atoms with E-state index in [1.54, 1.807) is 12.1 Å². The van der Waals surface area contributed by atoms with Gasteiger partial charge in [-0.25, -0.2) is 0 Å². The molecule has 0 aromatic heterocycles. The summed E-state index contributed by atoms with van der Waals surface area (Å²) in [6.45, 7) is 2.55. The van der Waals surface area contributed by atoms with Gasteiger partial charge in [-0.05, 0) is 25.5 Å². The van der Waals surface area contributed by atoms with E-state index in [0.717, 1.165) is 6.42 Å². The minimum atomic E-state index is -0.198. The molecule has 0 aliphatic carbocycles. The lowest BCUT2D eigenvalue weighted by Crippen LogP contribution is -2.28. The molecule has 0 fully saturated rings. The Morgan fingerprint density at radius 1 is 1.56 bits per heavy atom.